The van der Waals surface area contributed by atoms with Crippen LogP contribution in [0, 0.1) is 11.8 Å². The Morgan fingerprint density at radius 2 is 1.88 bits per heavy atom. The summed E-state index contributed by atoms with van der Waals surface area (Å²) >= 11 is 0. The fourth-order valence-corrected chi connectivity index (χ4v) is 2.89. The van der Waals surface area contributed by atoms with Crippen LogP contribution in [0.1, 0.15) is 49.5 Å². The van der Waals surface area contributed by atoms with Crippen molar-refractivity contribution in [2.24, 2.45) is 11.8 Å². The molecule has 0 aliphatic carbocycles. The molecule has 1 aromatic carbocycles. The molecule has 1 saturated heterocycles. The molecule has 1 fully saturated rings. The number of carboxylic acids is 1. The second-order valence-electron chi connectivity index (χ2n) is 7.31. The number of rotatable bonds is 7. The lowest BCUT2D eigenvalue weighted by Gasteiger charge is -2.33. The highest BCUT2D eigenvalue weighted by Crippen LogP contribution is 2.22. The van der Waals surface area contributed by atoms with Gasteiger partial charge in [-0.15, -0.1) is 0 Å². The molecule has 0 spiro atoms. The van der Waals surface area contributed by atoms with Gasteiger partial charge in [0.25, 0.3) is 5.91 Å². The Labute approximate surface area is 152 Å². The third kappa shape index (κ3) is 4.68. The minimum absolute atomic E-state index is 0.0553. The van der Waals surface area contributed by atoms with Crippen molar-refractivity contribution in [3.8, 4) is 0 Å². The molecule has 1 aliphatic heterocycles. The lowest BCUT2D eigenvalue weighted by atomic mass is 9.85. The second-order valence-corrected chi connectivity index (χ2v) is 7.31. The van der Waals surface area contributed by atoms with Gasteiger partial charge in [0.2, 0.25) is 11.8 Å². The molecule has 7 nitrogen and oxygen atoms in total. The van der Waals surface area contributed by atoms with Crippen molar-refractivity contribution in [1.82, 2.24) is 10.6 Å². The zero-order valence-corrected chi connectivity index (χ0v) is 15.2. The first-order valence-electron chi connectivity index (χ1n) is 8.57. The number of imide groups is 1. The zero-order valence-electron chi connectivity index (χ0n) is 15.2. The molecule has 0 bridgehead atoms. The summed E-state index contributed by atoms with van der Waals surface area (Å²) in [5.74, 6) is -2.27. The van der Waals surface area contributed by atoms with Crippen LogP contribution in [0.15, 0.2) is 24.3 Å². The Balaban J connectivity index is 2.05. The number of carbonyl (C=O) groups excluding carboxylic acids is 3. The summed E-state index contributed by atoms with van der Waals surface area (Å²) < 4.78 is 0. The quantitative estimate of drug-likeness (QED) is 0.638. The first kappa shape index (κ1) is 19.6. The maximum atomic E-state index is 12.5. The van der Waals surface area contributed by atoms with Crippen LogP contribution in [-0.2, 0) is 20.8 Å². The minimum Gasteiger partial charge on any atom is -0.481 e. The first-order valence-corrected chi connectivity index (χ1v) is 8.57. The van der Waals surface area contributed by atoms with Crippen LogP contribution >= 0.6 is 0 Å². The van der Waals surface area contributed by atoms with Gasteiger partial charge in [0.15, 0.2) is 0 Å². The number of aliphatic carboxylic acids is 1. The fraction of sp³-hybridized carbons (Fsp3) is 0.474. The van der Waals surface area contributed by atoms with Crippen LogP contribution in [0.4, 0.5) is 0 Å². The molecule has 2 rings (SSSR count). The number of amides is 3. The van der Waals surface area contributed by atoms with Gasteiger partial charge in [-0.3, -0.25) is 24.5 Å². The SMILES string of the molecule is CC(C)C(C)(CC(=O)O)NC(=O)c1ccc(CC2CC(=O)NC2=O)cc1. The van der Waals surface area contributed by atoms with Crippen LogP contribution in [0.3, 0.4) is 0 Å². The van der Waals surface area contributed by atoms with E-state index in [2.05, 4.69) is 10.6 Å². The molecule has 2 unspecified atom stereocenters. The van der Waals surface area contributed by atoms with E-state index < -0.39 is 11.5 Å². The van der Waals surface area contributed by atoms with Crippen molar-refractivity contribution in [1.29, 1.82) is 0 Å². The summed E-state index contributed by atoms with van der Waals surface area (Å²) in [6.07, 6.45) is 0.449. The van der Waals surface area contributed by atoms with Crippen molar-refractivity contribution >= 4 is 23.7 Å². The molecule has 0 aromatic heterocycles. The van der Waals surface area contributed by atoms with E-state index >= 15 is 0 Å². The molecule has 1 aromatic rings. The molecule has 2 atom stereocenters. The van der Waals surface area contributed by atoms with Crippen molar-refractivity contribution in [2.75, 3.05) is 0 Å². The normalized spacial score (nSPS) is 19.2. The third-order valence-corrected chi connectivity index (χ3v) is 4.96. The van der Waals surface area contributed by atoms with Crippen LogP contribution < -0.4 is 10.6 Å². The van der Waals surface area contributed by atoms with Gasteiger partial charge in [-0.05, 0) is 37.0 Å². The predicted molar refractivity (Wildman–Crippen MR) is 94.4 cm³/mol. The van der Waals surface area contributed by atoms with Crippen molar-refractivity contribution in [3.63, 3.8) is 0 Å². The van der Waals surface area contributed by atoms with Crippen molar-refractivity contribution < 1.29 is 24.3 Å². The molecular weight excluding hydrogens is 336 g/mol. The molecule has 0 radical (unpaired) electrons. The van der Waals surface area contributed by atoms with Gasteiger partial charge in [-0.25, -0.2) is 0 Å². The lowest BCUT2D eigenvalue weighted by Crippen LogP contribution is -2.51. The molecule has 7 heteroatoms. The zero-order chi connectivity index (χ0) is 19.5. The number of carboxylic acid groups (broad SMARTS) is 1. The largest absolute Gasteiger partial charge is 0.481 e. The van der Waals surface area contributed by atoms with Gasteiger partial charge >= 0.3 is 5.97 Å². The van der Waals surface area contributed by atoms with Crippen molar-refractivity contribution in [3.05, 3.63) is 35.4 Å². The van der Waals surface area contributed by atoms with Crippen LogP contribution in [-0.4, -0.2) is 34.3 Å². The number of benzene rings is 1. The van der Waals surface area contributed by atoms with Crippen LogP contribution in [0.5, 0.6) is 0 Å². The monoisotopic (exact) mass is 360 g/mol. The van der Waals surface area contributed by atoms with Crippen LogP contribution in [0.2, 0.25) is 0 Å². The number of nitrogens with one attached hydrogen (secondary N) is 2. The van der Waals surface area contributed by atoms with Gasteiger partial charge in [-0.1, -0.05) is 26.0 Å². The lowest BCUT2D eigenvalue weighted by molar-refractivity contribution is -0.139. The van der Waals surface area contributed by atoms with Gasteiger partial charge in [0.1, 0.15) is 0 Å². The maximum Gasteiger partial charge on any atom is 0.305 e. The average Bonchev–Trinajstić information content (AvgIpc) is 2.84. The summed E-state index contributed by atoms with van der Waals surface area (Å²) in [6, 6.07) is 6.77. The Bertz CT molecular complexity index is 726. The summed E-state index contributed by atoms with van der Waals surface area (Å²) in [4.78, 5) is 46.4. The second kappa shape index (κ2) is 7.68. The topological polar surface area (TPSA) is 113 Å². The highest BCUT2D eigenvalue weighted by molar-refractivity contribution is 6.03. The Morgan fingerprint density at radius 1 is 1.27 bits per heavy atom. The molecule has 3 amide bonds. The maximum absolute atomic E-state index is 12.5. The van der Waals surface area contributed by atoms with Crippen LogP contribution in [0.25, 0.3) is 0 Å². The molecule has 1 heterocycles. The summed E-state index contributed by atoms with van der Waals surface area (Å²) in [5, 5.41) is 14.2. The van der Waals surface area contributed by atoms with E-state index in [1.165, 1.54) is 0 Å². The molecule has 1 aliphatic rings. The van der Waals surface area contributed by atoms with E-state index in [9.17, 15) is 19.2 Å². The molecule has 140 valence electrons. The van der Waals surface area contributed by atoms with E-state index in [1.807, 2.05) is 13.8 Å². The third-order valence-electron chi connectivity index (χ3n) is 4.96. The Kier molecular flexibility index (Phi) is 5.79. The number of hydrogen-bond acceptors (Lipinski definition) is 4. The van der Waals surface area contributed by atoms with E-state index in [0.29, 0.717) is 12.0 Å². The van der Waals surface area contributed by atoms with Gasteiger partial charge < -0.3 is 10.4 Å². The summed E-state index contributed by atoms with van der Waals surface area (Å²) in [5.41, 5.74) is 0.413. The average molecular weight is 360 g/mol. The Morgan fingerprint density at radius 3 is 2.35 bits per heavy atom. The van der Waals surface area contributed by atoms with Gasteiger partial charge in [-0.2, -0.15) is 0 Å². The minimum atomic E-state index is -0.971. The Hall–Kier alpha value is -2.70. The fourth-order valence-electron chi connectivity index (χ4n) is 2.89. The molecule has 26 heavy (non-hydrogen) atoms. The van der Waals surface area contributed by atoms with E-state index in [1.54, 1.807) is 31.2 Å². The predicted octanol–water partition coefficient (Wildman–Crippen LogP) is 1.51. The molecular formula is C19H24N2O5. The highest BCUT2D eigenvalue weighted by atomic mass is 16.4. The van der Waals surface area contributed by atoms with E-state index in [0.717, 1.165) is 5.56 Å². The summed E-state index contributed by atoms with van der Waals surface area (Å²) in [7, 11) is 0. The first-order chi connectivity index (χ1) is 12.1. The van der Waals surface area contributed by atoms with Gasteiger partial charge in [0, 0.05) is 12.0 Å². The number of hydrogen-bond donors (Lipinski definition) is 3. The molecule has 0 saturated carbocycles. The standard InChI is InChI=1S/C19H24N2O5/c1-11(2)19(3,10-16(23)24)21-18(26)13-6-4-12(5-7-13)8-14-9-15(22)20-17(14)25/h4-7,11,14H,8-10H2,1-3H3,(H,21,26)(H,23,24)(H,20,22,25). The molecule has 3 N–H and O–H groups in total. The highest BCUT2D eigenvalue weighted by Gasteiger charge is 2.33. The smallest absolute Gasteiger partial charge is 0.305 e. The van der Waals surface area contributed by atoms with E-state index in [-0.39, 0.29) is 42.4 Å². The van der Waals surface area contributed by atoms with Gasteiger partial charge in [0.05, 0.1) is 17.9 Å². The van der Waals surface area contributed by atoms with E-state index in [4.69, 9.17) is 5.11 Å². The number of carbonyl (C=O) groups is 4. The summed E-state index contributed by atoms with van der Waals surface area (Å²) in [6.45, 7) is 5.44. The van der Waals surface area contributed by atoms with Crippen molar-refractivity contribution in [2.45, 2.75) is 45.6 Å².